The lowest BCUT2D eigenvalue weighted by atomic mass is 10.1. The van der Waals surface area contributed by atoms with E-state index in [1.165, 1.54) is 51.4 Å². The van der Waals surface area contributed by atoms with Crippen molar-refractivity contribution in [1.82, 2.24) is 0 Å². The standard InChI is InChI=1S/C16H24/c1-2-4-6-8-10-12-14-16-15-13-11-9-7-5-3-1/h1-8H,9-16H2. The van der Waals surface area contributed by atoms with Crippen molar-refractivity contribution in [2.45, 2.75) is 51.4 Å². The fourth-order valence-electron chi connectivity index (χ4n) is 1.84. The van der Waals surface area contributed by atoms with E-state index in [-0.39, 0.29) is 0 Å². The van der Waals surface area contributed by atoms with Crippen LogP contribution in [0.2, 0.25) is 0 Å². The van der Waals surface area contributed by atoms with Crippen LogP contribution in [0.25, 0.3) is 0 Å². The summed E-state index contributed by atoms with van der Waals surface area (Å²) in [6, 6.07) is 0. The summed E-state index contributed by atoms with van der Waals surface area (Å²) in [5.74, 6) is 0. The second kappa shape index (κ2) is 10.5. The molecule has 1 rings (SSSR count). The van der Waals surface area contributed by atoms with Crippen LogP contribution in [0.3, 0.4) is 0 Å². The van der Waals surface area contributed by atoms with Crippen molar-refractivity contribution in [3.8, 4) is 0 Å². The van der Waals surface area contributed by atoms with Crippen molar-refractivity contribution in [2.24, 2.45) is 0 Å². The molecule has 1 aliphatic rings. The van der Waals surface area contributed by atoms with Crippen LogP contribution in [-0.2, 0) is 0 Å². The Morgan fingerprint density at radius 2 is 0.750 bits per heavy atom. The zero-order valence-corrected chi connectivity index (χ0v) is 10.3. The molecule has 1 aliphatic carbocycles. The fourth-order valence-corrected chi connectivity index (χ4v) is 1.84. The van der Waals surface area contributed by atoms with Crippen molar-refractivity contribution in [1.29, 1.82) is 0 Å². The molecule has 0 N–H and O–H groups in total. The van der Waals surface area contributed by atoms with E-state index in [0.29, 0.717) is 0 Å². The molecule has 0 saturated carbocycles. The summed E-state index contributed by atoms with van der Waals surface area (Å²) in [7, 11) is 0. The highest BCUT2D eigenvalue weighted by atomic mass is 14.0. The molecule has 16 heavy (non-hydrogen) atoms. The summed E-state index contributed by atoms with van der Waals surface area (Å²) in [6.07, 6.45) is 28.0. The van der Waals surface area contributed by atoms with Crippen LogP contribution in [0.1, 0.15) is 51.4 Å². The Balaban J connectivity index is 2.31. The van der Waals surface area contributed by atoms with Gasteiger partial charge >= 0.3 is 0 Å². The molecule has 0 aromatic carbocycles. The predicted octanol–water partition coefficient (Wildman–Crippen LogP) is 5.35. The van der Waals surface area contributed by atoms with Gasteiger partial charge in [0.2, 0.25) is 0 Å². The molecule has 0 radical (unpaired) electrons. The molecule has 0 unspecified atom stereocenters. The molecule has 0 bridgehead atoms. The molecular weight excluding hydrogens is 192 g/mol. The van der Waals surface area contributed by atoms with Gasteiger partial charge in [-0.25, -0.2) is 0 Å². The van der Waals surface area contributed by atoms with Gasteiger partial charge in [-0.1, -0.05) is 74.3 Å². The third-order valence-corrected chi connectivity index (χ3v) is 2.82. The zero-order valence-electron chi connectivity index (χ0n) is 10.3. The van der Waals surface area contributed by atoms with E-state index in [0.717, 1.165) is 0 Å². The largest absolute Gasteiger partial charge is 0.0845 e. The molecule has 0 aromatic rings. The molecule has 0 atom stereocenters. The minimum absolute atomic E-state index is 1.23. The van der Waals surface area contributed by atoms with Crippen LogP contribution in [0.4, 0.5) is 0 Å². The van der Waals surface area contributed by atoms with Gasteiger partial charge in [0.25, 0.3) is 0 Å². The summed E-state index contributed by atoms with van der Waals surface area (Å²) in [6.45, 7) is 0. The third kappa shape index (κ3) is 8.28. The quantitative estimate of drug-likeness (QED) is 0.512. The van der Waals surface area contributed by atoms with E-state index in [4.69, 9.17) is 0 Å². The monoisotopic (exact) mass is 216 g/mol. The summed E-state index contributed by atoms with van der Waals surface area (Å²) in [4.78, 5) is 0. The fraction of sp³-hybridized carbons (Fsp3) is 0.500. The van der Waals surface area contributed by atoms with Crippen LogP contribution in [0, 0.1) is 0 Å². The van der Waals surface area contributed by atoms with Gasteiger partial charge in [0.1, 0.15) is 0 Å². The molecule has 0 aliphatic heterocycles. The van der Waals surface area contributed by atoms with Gasteiger partial charge in [0.05, 0.1) is 0 Å². The average molecular weight is 216 g/mol. The Morgan fingerprint density at radius 1 is 0.375 bits per heavy atom. The van der Waals surface area contributed by atoms with Gasteiger partial charge in [-0.15, -0.1) is 0 Å². The highest BCUT2D eigenvalue weighted by molar-refractivity contribution is 5.15. The van der Waals surface area contributed by atoms with Gasteiger partial charge < -0.3 is 0 Å². The lowest BCUT2D eigenvalue weighted by molar-refractivity contribution is 0.600. The number of hydrogen-bond acceptors (Lipinski definition) is 0. The smallest absolute Gasteiger partial charge is 0.0348 e. The summed E-state index contributed by atoms with van der Waals surface area (Å²) in [5, 5.41) is 0. The second-order valence-corrected chi connectivity index (χ2v) is 4.32. The molecule has 0 saturated heterocycles. The Kier molecular flexibility index (Phi) is 8.53. The zero-order chi connectivity index (χ0) is 11.3. The van der Waals surface area contributed by atoms with E-state index < -0.39 is 0 Å². The summed E-state index contributed by atoms with van der Waals surface area (Å²) in [5.41, 5.74) is 0. The normalized spacial score (nSPS) is 20.0. The van der Waals surface area contributed by atoms with Gasteiger partial charge in [-0.05, 0) is 25.7 Å². The summed E-state index contributed by atoms with van der Waals surface area (Å²) < 4.78 is 0. The highest BCUT2D eigenvalue weighted by Crippen LogP contribution is 2.09. The van der Waals surface area contributed by atoms with Crippen LogP contribution in [0.15, 0.2) is 48.6 Å². The van der Waals surface area contributed by atoms with Crippen molar-refractivity contribution >= 4 is 0 Å². The van der Waals surface area contributed by atoms with Crippen molar-refractivity contribution in [2.75, 3.05) is 0 Å². The van der Waals surface area contributed by atoms with Crippen LogP contribution in [-0.4, -0.2) is 0 Å². The lowest BCUT2D eigenvalue weighted by Crippen LogP contribution is -1.79. The van der Waals surface area contributed by atoms with E-state index in [2.05, 4.69) is 48.6 Å². The van der Waals surface area contributed by atoms with Crippen LogP contribution < -0.4 is 0 Å². The maximum absolute atomic E-state index is 2.27. The van der Waals surface area contributed by atoms with Gasteiger partial charge in [0, 0.05) is 0 Å². The van der Waals surface area contributed by atoms with Gasteiger partial charge in [-0.3, -0.25) is 0 Å². The Labute approximate surface area is 100 Å². The number of allylic oxidation sites excluding steroid dienone is 8. The van der Waals surface area contributed by atoms with Crippen LogP contribution in [0.5, 0.6) is 0 Å². The van der Waals surface area contributed by atoms with Gasteiger partial charge in [-0.2, -0.15) is 0 Å². The first-order valence-electron chi connectivity index (χ1n) is 6.65. The molecule has 0 spiro atoms. The first-order chi connectivity index (χ1) is 8.00. The topological polar surface area (TPSA) is 0 Å². The molecule has 0 aromatic heterocycles. The minimum atomic E-state index is 1.23. The first kappa shape index (κ1) is 13.0. The van der Waals surface area contributed by atoms with Crippen molar-refractivity contribution < 1.29 is 0 Å². The second-order valence-electron chi connectivity index (χ2n) is 4.32. The Bertz CT molecular complexity index is 225. The molecule has 0 amide bonds. The van der Waals surface area contributed by atoms with Crippen molar-refractivity contribution in [3.63, 3.8) is 0 Å². The van der Waals surface area contributed by atoms with E-state index in [1.54, 1.807) is 0 Å². The summed E-state index contributed by atoms with van der Waals surface area (Å²) >= 11 is 0. The van der Waals surface area contributed by atoms with E-state index >= 15 is 0 Å². The number of hydrogen-bond donors (Lipinski definition) is 0. The lowest BCUT2D eigenvalue weighted by Gasteiger charge is -1.99. The molecule has 0 nitrogen and oxygen atoms in total. The molecule has 0 fully saturated rings. The molecule has 0 heterocycles. The molecule has 88 valence electrons. The van der Waals surface area contributed by atoms with Crippen molar-refractivity contribution in [3.05, 3.63) is 48.6 Å². The van der Waals surface area contributed by atoms with Gasteiger partial charge in [0.15, 0.2) is 0 Å². The SMILES string of the molecule is C1=CC=CCCCCCCCCC=CC=C1. The maximum atomic E-state index is 2.27. The first-order valence-corrected chi connectivity index (χ1v) is 6.65. The Morgan fingerprint density at radius 3 is 1.25 bits per heavy atom. The average Bonchev–Trinajstić information content (AvgIpc) is 2.29. The van der Waals surface area contributed by atoms with Crippen LogP contribution >= 0.6 is 0 Å². The van der Waals surface area contributed by atoms with E-state index in [1.807, 2.05) is 0 Å². The maximum Gasteiger partial charge on any atom is -0.0348 e. The molecular formula is C16H24. The minimum Gasteiger partial charge on any atom is -0.0845 e. The molecule has 0 heteroatoms. The van der Waals surface area contributed by atoms with E-state index in [9.17, 15) is 0 Å². The number of rotatable bonds is 0. The third-order valence-electron chi connectivity index (χ3n) is 2.82. The highest BCUT2D eigenvalue weighted by Gasteiger charge is 1.89. The predicted molar refractivity (Wildman–Crippen MR) is 73.5 cm³/mol. The Hall–Kier alpha value is -1.04.